The van der Waals surface area contributed by atoms with Gasteiger partial charge < -0.3 is 25.7 Å². The van der Waals surface area contributed by atoms with Crippen molar-refractivity contribution >= 4 is 5.91 Å². The summed E-state index contributed by atoms with van der Waals surface area (Å²) < 4.78 is 0. The molecule has 0 heterocycles. The number of aliphatic hydroxyl groups is 4. The summed E-state index contributed by atoms with van der Waals surface area (Å²) in [4.78, 5) is 12.6. The van der Waals surface area contributed by atoms with Crippen LogP contribution in [-0.4, -0.2) is 57.3 Å². The molecule has 0 aromatic heterocycles. The van der Waals surface area contributed by atoms with Gasteiger partial charge in [-0.2, -0.15) is 0 Å². The standard InChI is InChI=1S/C58H107NO5/c1-3-5-7-9-11-13-15-17-19-21-23-25-26-27-28-29-30-31-32-34-36-38-40-42-44-46-48-50-52-56(62)58(64)59-54(53-60)57(63)55(61)51-49-47-45-43-41-39-37-35-33-24-22-20-18-16-14-12-10-8-6-4-2/h20,22-23,25,27-28,35,37,43,45,54-57,60-63H,3-19,21,24,26,29-34,36,38-42,44,46-53H2,1-2H3,(H,59,64)/b22-20+,25-23-,28-27-,37-35+,45-43+. The topological polar surface area (TPSA) is 110 Å². The molecule has 0 aliphatic carbocycles. The molecule has 4 atom stereocenters. The molecule has 0 spiro atoms. The van der Waals surface area contributed by atoms with Gasteiger partial charge in [-0.1, -0.05) is 235 Å². The van der Waals surface area contributed by atoms with Crippen molar-refractivity contribution < 1.29 is 25.2 Å². The van der Waals surface area contributed by atoms with Crippen molar-refractivity contribution in [1.82, 2.24) is 5.32 Å². The molecule has 0 aromatic rings. The van der Waals surface area contributed by atoms with Crippen LogP contribution < -0.4 is 5.32 Å². The fourth-order valence-corrected chi connectivity index (χ4v) is 8.29. The Kier molecular flexibility index (Phi) is 50.4. The Balaban J connectivity index is 3.71. The predicted molar refractivity (Wildman–Crippen MR) is 279 cm³/mol. The van der Waals surface area contributed by atoms with E-state index in [0.29, 0.717) is 19.3 Å². The Bertz CT molecular complexity index is 1100. The minimum atomic E-state index is -1.30. The van der Waals surface area contributed by atoms with E-state index in [1.54, 1.807) is 0 Å². The van der Waals surface area contributed by atoms with Gasteiger partial charge in [-0.3, -0.25) is 4.79 Å². The number of aliphatic hydroxyl groups excluding tert-OH is 4. The molecule has 0 radical (unpaired) electrons. The molecule has 0 aliphatic heterocycles. The van der Waals surface area contributed by atoms with Crippen LogP contribution in [0.4, 0.5) is 0 Å². The van der Waals surface area contributed by atoms with Gasteiger partial charge >= 0.3 is 0 Å². The predicted octanol–water partition coefficient (Wildman–Crippen LogP) is 16.0. The van der Waals surface area contributed by atoms with Crippen molar-refractivity contribution in [2.75, 3.05) is 6.61 Å². The van der Waals surface area contributed by atoms with Crippen molar-refractivity contribution in [3.8, 4) is 0 Å². The summed E-state index contributed by atoms with van der Waals surface area (Å²) in [6.07, 6.45) is 67.1. The van der Waals surface area contributed by atoms with Crippen molar-refractivity contribution in [2.45, 2.75) is 295 Å². The van der Waals surface area contributed by atoms with E-state index in [1.165, 1.54) is 180 Å². The smallest absolute Gasteiger partial charge is 0.249 e. The van der Waals surface area contributed by atoms with Gasteiger partial charge in [0.1, 0.15) is 12.2 Å². The van der Waals surface area contributed by atoms with E-state index in [2.05, 4.69) is 79.9 Å². The summed E-state index contributed by atoms with van der Waals surface area (Å²) in [7, 11) is 0. The van der Waals surface area contributed by atoms with Crippen LogP contribution in [0.1, 0.15) is 271 Å². The minimum Gasteiger partial charge on any atom is -0.394 e. The van der Waals surface area contributed by atoms with E-state index in [1.807, 2.05) is 0 Å². The summed E-state index contributed by atoms with van der Waals surface area (Å²) in [5.74, 6) is -0.600. The first-order valence-electron chi connectivity index (χ1n) is 27.7. The molecule has 374 valence electrons. The average Bonchev–Trinajstić information content (AvgIpc) is 3.30. The molecule has 64 heavy (non-hydrogen) atoms. The minimum absolute atomic E-state index is 0.355. The number of amides is 1. The second-order valence-corrected chi connectivity index (χ2v) is 18.9. The Morgan fingerprint density at radius 2 is 0.703 bits per heavy atom. The van der Waals surface area contributed by atoms with Crippen LogP contribution in [0.2, 0.25) is 0 Å². The van der Waals surface area contributed by atoms with Gasteiger partial charge in [-0.25, -0.2) is 0 Å². The van der Waals surface area contributed by atoms with E-state index in [-0.39, 0.29) is 0 Å². The highest BCUT2D eigenvalue weighted by Crippen LogP contribution is 2.16. The third kappa shape index (κ3) is 45.2. The molecule has 0 aromatic carbocycles. The highest BCUT2D eigenvalue weighted by Gasteiger charge is 2.28. The number of hydrogen-bond acceptors (Lipinski definition) is 5. The number of allylic oxidation sites excluding steroid dienone is 10. The lowest BCUT2D eigenvalue weighted by Gasteiger charge is -2.27. The second-order valence-electron chi connectivity index (χ2n) is 18.9. The maximum absolute atomic E-state index is 12.6. The third-order valence-electron chi connectivity index (χ3n) is 12.7. The lowest BCUT2D eigenvalue weighted by Crippen LogP contribution is -2.53. The molecular formula is C58H107NO5. The Morgan fingerprint density at radius 1 is 0.391 bits per heavy atom. The molecule has 6 heteroatoms. The van der Waals surface area contributed by atoms with Crippen molar-refractivity contribution in [3.05, 3.63) is 60.8 Å². The molecule has 6 nitrogen and oxygen atoms in total. The normalized spacial score (nSPS) is 14.3. The number of carbonyl (C=O) groups is 1. The van der Waals surface area contributed by atoms with Gasteiger partial charge in [0.15, 0.2) is 0 Å². The van der Waals surface area contributed by atoms with Crippen LogP contribution >= 0.6 is 0 Å². The first-order chi connectivity index (χ1) is 31.5. The zero-order valence-electron chi connectivity index (χ0n) is 42.3. The Hall–Kier alpha value is -1.99. The van der Waals surface area contributed by atoms with Crippen molar-refractivity contribution in [1.29, 1.82) is 0 Å². The highest BCUT2D eigenvalue weighted by molar-refractivity contribution is 5.80. The molecule has 0 bridgehead atoms. The Labute approximate surface area is 397 Å². The first kappa shape index (κ1) is 62.0. The summed E-state index contributed by atoms with van der Waals surface area (Å²) in [6.45, 7) is 4.05. The summed E-state index contributed by atoms with van der Waals surface area (Å²) >= 11 is 0. The number of carbonyl (C=O) groups excluding carboxylic acids is 1. The zero-order chi connectivity index (χ0) is 46.7. The SMILES string of the molecule is CCCCCCCCC/C=C/CC/C=C/CC/C=C/CCCC(O)C(O)C(CO)NC(=O)C(O)CCCCCCCCCCCCCC/C=C\C/C=C\CCCCCCCCCCC. The molecule has 0 saturated carbocycles. The molecule has 4 unspecified atom stereocenters. The number of unbranched alkanes of at least 4 members (excludes halogenated alkanes) is 31. The van der Waals surface area contributed by atoms with E-state index in [0.717, 1.165) is 57.8 Å². The van der Waals surface area contributed by atoms with Crippen LogP contribution in [0.25, 0.3) is 0 Å². The van der Waals surface area contributed by atoms with Crippen LogP contribution in [-0.2, 0) is 4.79 Å². The lowest BCUT2D eigenvalue weighted by atomic mass is 10.00. The molecule has 0 fully saturated rings. The fraction of sp³-hybridized carbons (Fsp3) is 0.810. The molecule has 5 N–H and O–H groups in total. The molecule has 0 aliphatic rings. The van der Waals surface area contributed by atoms with Gasteiger partial charge in [-0.05, 0) is 96.3 Å². The number of nitrogens with one attached hydrogen (secondary N) is 1. The highest BCUT2D eigenvalue weighted by atomic mass is 16.3. The maximum atomic E-state index is 12.6. The van der Waals surface area contributed by atoms with Gasteiger partial charge in [0.2, 0.25) is 5.91 Å². The van der Waals surface area contributed by atoms with E-state index < -0.39 is 36.9 Å². The van der Waals surface area contributed by atoms with E-state index >= 15 is 0 Å². The molecule has 0 saturated heterocycles. The first-order valence-corrected chi connectivity index (χ1v) is 27.7. The molecule has 0 rings (SSSR count). The van der Waals surface area contributed by atoms with Gasteiger partial charge in [0.05, 0.1) is 18.8 Å². The summed E-state index contributed by atoms with van der Waals surface area (Å²) in [5, 5.41) is 43.9. The van der Waals surface area contributed by atoms with Crippen LogP contribution in [0, 0.1) is 0 Å². The lowest BCUT2D eigenvalue weighted by molar-refractivity contribution is -0.132. The second kappa shape index (κ2) is 52.0. The van der Waals surface area contributed by atoms with Crippen molar-refractivity contribution in [3.63, 3.8) is 0 Å². The largest absolute Gasteiger partial charge is 0.394 e. The quantitative estimate of drug-likeness (QED) is 0.0309. The maximum Gasteiger partial charge on any atom is 0.249 e. The number of rotatable bonds is 50. The van der Waals surface area contributed by atoms with Crippen LogP contribution in [0.15, 0.2) is 60.8 Å². The van der Waals surface area contributed by atoms with Gasteiger partial charge in [0.25, 0.3) is 0 Å². The molecule has 1 amide bonds. The average molecular weight is 898 g/mol. The van der Waals surface area contributed by atoms with Gasteiger partial charge in [0, 0.05) is 0 Å². The van der Waals surface area contributed by atoms with E-state index in [9.17, 15) is 25.2 Å². The summed E-state index contributed by atoms with van der Waals surface area (Å²) in [5.41, 5.74) is 0. The third-order valence-corrected chi connectivity index (χ3v) is 12.7. The van der Waals surface area contributed by atoms with Crippen LogP contribution in [0.3, 0.4) is 0 Å². The Morgan fingerprint density at radius 3 is 1.08 bits per heavy atom. The van der Waals surface area contributed by atoms with Crippen LogP contribution in [0.5, 0.6) is 0 Å². The zero-order valence-corrected chi connectivity index (χ0v) is 42.3. The number of hydrogen-bond donors (Lipinski definition) is 5. The molecular weight excluding hydrogens is 791 g/mol. The van der Waals surface area contributed by atoms with Crippen molar-refractivity contribution in [2.24, 2.45) is 0 Å². The van der Waals surface area contributed by atoms with E-state index in [4.69, 9.17) is 0 Å². The monoisotopic (exact) mass is 898 g/mol. The summed E-state index contributed by atoms with van der Waals surface area (Å²) in [6, 6.07) is -1.02. The van der Waals surface area contributed by atoms with Gasteiger partial charge in [-0.15, -0.1) is 0 Å². The fourth-order valence-electron chi connectivity index (χ4n) is 8.29.